The molecule has 0 unspecified atom stereocenters. The average Bonchev–Trinajstić information content (AvgIpc) is 2.99. The Balaban J connectivity index is 1.80. The van der Waals surface area contributed by atoms with Gasteiger partial charge in [0, 0.05) is 17.9 Å². The maximum atomic E-state index is 12.3. The average molecular weight is 317 g/mol. The third kappa shape index (κ3) is 2.50. The summed E-state index contributed by atoms with van der Waals surface area (Å²) in [6.45, 7) is 4.12. The molecule has 0 bridgehead atoms. The van der Waals surface area contributed by atoms with E-state index in [0.29, 0.717) is 6.42 Å². The fourth-order valence-corrected chi connectivity index (χ4v) is 3.20. The zero-order chi connectivity index (χ0) is 16.7. The normalized spacial score (nSPS) is 16.6. The fraction of sp³-hybridized carbons (Fsp3) is 0.200. The Morgan fingerprint density at radius 3 is 2.29 bits per heavy atom. The van der Waals surface area contributed by atoms with Crippen LogP contribution < -0.4 is 5.32 Å². The van der Waals surface area contributed by atoms with Gasteiger partial charge in [-0.2, -0.15) is 5.10 Å². The van der Waals surface area contributed by atoms with Crippen LogP contribution in [0.1, 0.15) is 34.6 Å². The van der Waals surface area contributed by atoms with Gasteiger partial charge in [-0.05, 0) is 31.5 Å². The summed E-state index contributed by atoms with van der Waals surface area (Å²) in [7, 11) is 0. The van der Waals surface area contributed by atoms with Gasteiger partial charge in [0.1, 0.15) is 5.82 Å². The summed E-state index contributed by atoms with van der Waals surface area (Å²) >= 11 is 0. The third-order valence-electron chi connectivity index (χ3n) is 4.58. The van der Waals surface area contributed by atoms with E-state index in [4.69, 9.17) is 0 Å². The van der Waals surface area contributed by atoms with E-state index >= 15 is 0 Å². The number of carbonyl (C=O) groups excluding carboxylic acids is 1. The molecule has 0 fully saturated rings. The molecule has 4 nitrogen and oxygen atoms in total. The number of hydrogen-bond acceptors (Lipinski definition) is 2. The molecule has 4 heteroatoms. The number of benzene rings is 2. The first-order valence-electron chi connectivity index (χ1n) is 8.13. The highest BCUT2D eigenvalue weighted by Crippen LogP contribution is 2.38. The van der Waals surface area contributed by atoms with Gasteiger partial charge in [-0.25, -0.2) is 4.68 Å². The van der Waals surface area contributed by atoms with Crippen LogP contribution in [0.5, 0.6) is 0 Å². The van der Waals surface area contributed by atoms with Gasteiger partial charge in [-0.1, -0.05) is 47.5 Å². The molecule has 0 aliphatic carbocycles. The van der Waals surface area contributed by atoms with Crippen molar-refractivity contribution in [2.24, 2.45) is 0 Å². The Labute approximate surface area is 141 Å². The highest BCUT2D eigenvalue weighted by atomic mass is 16.1. The van der Waals surface area contributed by atoms with Crippen LogP contribution >= 0.6 is 0 Å². The molecule has 1 atom stereocenters. The lowest BCUT2D eigenvalue weighted by molar-refractivity contribution is -0.116. The number of hydrogen-bond donors (Lipinski definition) is 1. The number of nitrogens with one attached hydrogen (secondary N) is 1. The monoisotopic (exact) mass is 317 g/mol. The lowest BCUT2D eigenvalue weighted by Crippen LogP contribution is -2.24. The van der Waals surface area contributed by atoms with Crippen molar-refractivity contribution in [3.63, 3.8) is 0 Å². The van der Waals surface area contributed by atoms with E-state index in [1.54, 1.807) is 0 Å². The Morgan fingerprint density at radius 2 is 1.62 bits per heavy atom. The number of carbonyl (C=O) groups is 1. The van der Waals surface area contributed by atoms with Crippen LogP contribution in [0.15, 0.2) is 54.7 Å². The summed E-state index contributed by atoms with van der Waals surface area (Å²) in [4.78, 5) is 12.3. The number of aromatic nitrogens is 2. The van der Waals surface area contributed by atoms with Crippen molar-refractivity contribution in [2.75, 3.05) is 5.32 Å². The molecule has 0 spiro atoms. The Kier molecular flexibility index (Phi) is 3.45. The highest BCUT2D eigenvalue weighted by molar-refractivity contribution is 5.94. The van der Waals surface area contributed by atoms with E-state index in [1.165, 1.54) is 11.1 Å². The van der Waals surface area contributed by atoms with Crippen LogP contribution in [0.4, 0.5) is 5.82 Å². The summed E-state index contributed by atoms with van der Waals surface area (Å²) in [5, 5.41) is 7.52. The molecule has 4 rings (SSSR count). The number of amides is 1. The molecule has 1 N–H and O–H groups in total. The largest absolute Gasteiger partial charge is 0.310 e. The van der Waals surface area contributed by atoms with Crippen LogP contribution in [0.3, 0.4) is 0 Å². The summed E-state index contributed by atoms with van der Waals surface area (Å²) < 4.78 is 1.81. The summed E-state index contributed by atoms with van der Waals surface area (Å²) in [5.74, 6) is 0.858. The highest BCUT2D eigenvalue weighted by Gasteiger charge is 2.30. The van der Waals surface area contributed by atoms with Crippen LogP contribution in [-0.4, -0.2) is 15.7 Å². The number of anilines is 1. The van der Waals surface area contributed by atoms with Gasteiger partial charge < -0.3 is 5.32 Å². The zero-order valence-corrected chi connectivity index (χ0v) is 13.8. The van der Waals surface area contributed by atoms with Crippen LogP contribution in [-0.2, 0) is 4.79 Å². The molecule has 3 aromatic rings. The van der Waals surface area contributed by atoms with Crippen molar-refractivity contribution in [1.29, 1.82) is 0 Å². The molecule has 2 heterocycles. The molecule has 0 radical (unpaired) electrons. The third-order valence-corrected chi connectivity index (χ3v) is 4.58. The molecule has 0 saturated carbocycles. The van der Waals surface area contributed by atoms with Crippen molar-refractivity contribution < 1.29 is 4.79 Å². The molecule has 1 aliphatic rings. The second-order valence-corrected chi connectivity index (χ2v) is 6.41. The van der Waals surface area contributed by atoms with Crippen molar-refractivity contribution in [3.05, 3.63) is 77.0 Å². The van der Waals surface area contributed by atoms with Crippen molar-refractivity contribution in [2.45, 2.75) is 26.2 Å². The molecule has 1 amide bonds. The topological polar surface area (TPSA) is 46.9 Å². The lowest BCUT2D eigenvalue weighted by Gasteiger charge is -2.24. The van der Waals surface area contributed by atoms with E-state index in [1.807, 2.05) is 35.1 Å². The Bertz CT molecular complexity index is 892. The second kappa shape index (κ2) is 5.64. The Hall–Kier alpha value is -2.88. The van der Waals surface area contributed by atoms with E-state index in [9.17, 15) is 4.79 Å². The predicted molar refractivity (Wildman–Crippen MR) is 94.6 cm³/mol. The zero-order valence-electron chi connectivity index (χ0n) is 13.8. The minimum absolute atomic E-state index is 0.0296. The number of nitrogens with zero attached hydrogens (tertiary/aromatic N) is 2. The van der Waals surface area contributed by atoms with Crippen LogP contribution in [0, 0.1) is 13.8 Å². The van der Waals surface area contributed by atoms with E-state index in [2.05, 4.69) is 48.5 Å². The molecule has 24 heavy (non-hydrogen) atoms. The molecular formula is C20H19N3O. The molecular weight excluding hydrogens is 298 g/mol. The van der Waals surface area contributed by atoms with Gasteiger partial charge in [0.2, 0.25) is 5.91 Å². The molecule has 120 valence electrons. The first-order valence-corrected chi connectivity index (χ1v) is 8.13. The first kappa shape index (κ1) is 14.7. The smallest absolute Gasteiger partial charge is 0.226 e. The Morgan fingerprint density at radius 1 is 1.00 bits per heavy atom. The van der Waals surface area contributed by atoms with E-state index in [-0.39, 0.29) is 11.8 Å². The summed E-state index contributed by atoms with van der Waals surface area (Å²) in [6.07, 6.45) is 2.33. The minimum Gasteiger partial charge on any atom is -0.310 e. The van der Waals surface area contributed by atoms with Gasteiger partial charge in [0.05, 0.1) is 11.9 Å². The first-order chi connectivity index (χ1) is 11.6. The van der Waals surface area contributed by atoms with E-state index in [0.717, 1.165) is 22.6 Å². The standard InChI is InChI=1S/C20H19N3O/c1-13-3-7-15(8-4-13)17-11-19(24)22-20-18(17)12-21-23(20)16-9-5-14(2)6-10-16/h3-10,12,17H,11H2,1-2H3,(H,22,24)/t17-/m0/s1. The lowest BCUT2D eigenvalue weighted by atomic mass is 9.87. The second-order valence-electron chi connectivity index (χ2n) is 6.41. The molecule has 2 aromatic carbocycles. The van der Waals surface area contributed by atoms with Crippen LogP contribution in [0.2, 0.25) is 0 Å². The van der Waals surface area contributed by atoms with Gasteiger partial charge in [-0.15, -0.1) is 0 Å². The van der Waals surface area contributed by atoms with Crippen molar-refractivity contribution in [1.82, 2.24) is 9.78 Å². The minimum atomic E-state index is 0.0296. The predicted octanol–water partition coefficient (Wildman–Crippen LogP) is 3.96. The van der Waals surface area contributed by atoms with E-state index < -0.39 is 0 Å². The van der Waals surface area contributed by atoms with Crippen molar-refractivity contribution in [3.8, 4) is 5.69 Å². The quantitative estimate of drug-likeness (QED) is 0.777. The molecule has 0 saturated heterocycles. The number of fused-ring (bicyclic) bond motifs is 1. The van der Waals surface area contributed by atoms with Gasteiger partial charge in [-0.3, -0.25) is 4.79 Å². The maximum Gasteiger partial charge on any atom is 0.226 e. The van der Waals surface area contributed by atoms with Gasteiger partial charge in [0.25, 0.3) is 0 Å². The van der Waals surface area contributed by atoms with Crippen molar-refractivity contribution >= 4 is 11.7 Å². The number of aryl methyl sites for hydroxylation is 2. The fourth-order valence-electron chi connectivity index (χ4n) is 3.20. The van der Waals surface area contributed by atoms with Gasteiger partial charge >= 0.3 is 0 Å². The summed E-state index contributed by atoms with van der Waals surface area (Å²) in [6, 6.07) is 16.5. The molecule has 1 aliphatic heterocycles. The van der Waals surface area contributed by atoms with Gasteiger partial charge in [0.15, 0.2) is 0 Å². The maximum absolute atomic E-state index is 12.3. The summed E-state index contributed by atoms with van der Waals surface area (Å²) in [5.41, 5.74) is 5.59. The number of rotatable bonds is 2. The molecule has 1 aromatic heterocycles. The SMILES string of the molecule is Cc1ccc([C@@H]2CC(=O)Nc3c2cnn3-c2ccc(C)cc2)cc1. The van der Waals surface area contributed by atoms with Crippen LogP contribution in [0.25, 0.3) is 5.69 Å².